The van der Waals surface area contributed by atoms with Gasteiger partial charge in [0.25, 0.3) is 10.0 Å². The van der Waals surface area contributed by atoms with E-state index in [0.29, 0.717) is 12.1 Å². The zero-order valence-corrected chi connectivity index (χ0v) is 16.3. The van der Waals surface area contributed by atoms with Crippen LogP contribution in [0.3, 0.4) is 0 Å². The number of aliphatic hydroxyl groups excluding tert-OH is 1. The summed E-state index contributed by atoms with van der Waals surface area (Å²) in [5.41, 5.74) is 2.26. The molecule has 2 aromatic rings. The Kier molecular flexibility index (Phi) is 6.49. The van der Waals surface area contributed by atoms with Crippen LogP contribution in [0.1, 0.15) is 23.7 Å². The maximum absolute atomic E-state index is 12.4. The van der Waals surface area contributed by atoms with Crippen molar-refractivity contribution in [1.82, 2.24) is 4.90 Å². The molecule has 1 atom stereocenters. The minimum atomic E-state index is -3.62. The topological polar surface area (TPSA) is 78.9 Å². The van der Waals surface area contributed by atoms with E-state index in [2.05, 4.69) is 9.62 Å². The van der Waals surface area contributed by atoms with Gasteiger partial charge in [-0.05, 0) is 43.2 Å². The van der Waals surface area contributed by atoms with Gasteiger partial charge in [-0.1, -0.05) is 29.8 Å². The lowest BCUT2D eigenvalue weighted by Crippen LogP contribution is -2.37. The second-order valence-electron chi connectivity index (χ2n) is 6.80. The van der Waals surface area contributed by atoms with Gasteiger partial charge < -0.3 is 9.84 Å². The highest BCUT2D eigenvalue weighted by Gasteiger charge is 2.16. The summed E-state index contributed by atoms with van der Waals surface area (Å²) >= 11 is 0. The van der Waals surface area contributed by atoms with Gasteiger partial charge in [0.2, 0.25) is 0 Å². The fraction of sp³-hybridized carbons (Fsp3) is 0.400. The van der Waals surface area contributed by atoms with Crippen LogP contribution in [-0.4, -0.2) is 51.3 Å². The summed E-state index contributed by atoms with van der Waals surface area (Å²) in [6.45, 7) is 6.00. The zero-order chi connectivity index (χ0) is 19.3. The number of rotatable bonds is 7. The van der Waals surface area contributed by atoms with Crippen LogP contribution in [0.2, 0.25) is 0 Å². The van der Waals surface area contributed by atoms with Crippen molar-refractivity contribution in [1.29, 1.82) is 0 Å². The van der Waals surface area contributed by atoms with Crippen LogP contribution >= 0.6 is 0 Å². The molecule has 0 aromatic heterocycles. The maximum atomic E-state index is 12.4. The third-order valence-electron chi connectivity index (χ3n) is 4.70. The van der Waals surface area contributed by atoms with Crippen molar-refractivity contribution in [3.05, 3.63) is 59.7 Å². The van der Waals surface area contributed by atoms with Gasteiger partial charge >= 0.3 is 0 Å². The van der Waals surface area contributed by atoms with Crippen molar-refractivity contribution in [2.75, 3.05) is 37.6 Å². The van der Waals surface area contributed by atoms with E-state index in [1.807, 2.05) is 6.92 Å². The van der Waals surface area contributed by atoms with Crippen molar-refractivity contribution in [2.24, 2.45) is 0 Å². The molecule has 1 aliphatic heterocycles. The number of nitrogens with zero attached hydrogens (tertiary/aromatic N) is 1. The highest BCUT2D eigenvalue weighted by atomic mass is 32.2. The number of anilines is 1. The average Bonchev–Trinajstić information content (AvgIpc) is 2.67. The van der Waals surface area contributed by atoms with E-state index < -0.39 is 16.1 Å². The summed E-state index contributed by atoms with van der Waals surface area (Å²) < 4.78 is 32.8. The third kappa shape index (κ3) is 5.52. The second kappa shape index (κ2) is 8.84. The van der Waals surface area contributed by atoms with E-state index >= 15 is 0 Å². The monoisotopic (exact) mass is 390 g/mol. The summed E-state index contributed by atoms with van der Waals surface area (Å²) in [6.07, 6.45) is 0.0599. The molecule has 2 N–H and O–H groups in total. The van der Waals surface area contributed by atoms with Crippen LogP contribution in [-0.2, 0) is 14.8 Å². The molecule has 1 unspecified atom stereocenters. The first-order valence-corrected chi connectivity index (χ1v) is 10.6. The first-order valence-electron chi connectivity index (χ1n) is 9.12. The Morgan fingerprint density at radius 1 is 1.07 bits per heavy atom. The molecule has 3 rings (SSSR count). The van der Waals surface area contributed by atoms with Crippen LogP contribution in [0.15, 0.2) is 53.4 Å². The van der Waals surface area contributed by atoms with E-state index in [1.54, 1.807) is 48.5 Å². The Balaban J connectivity index is 1.58. The lowest BCUT2D eigenvalue weighted by atomic mass is 10.1. The summed E-state index contributed by atoms with van der Waals surface area (Å²) in [5, 5.41) is 10.4. The molecule has 0 saturated carbocycles. The molecular formula is C20H26N2O4S. The maximum Gasteiger partial charge on any atom is 0.261 e. The third-order valence-corrected chi connectivity index (χ3v) is 6.10. The van der Waals surface area contributed by atoms with E-state index in [4.69, 9.17) is 4.74 Å². The van der Waals surface area contributed by atoms with Crippen LogP contribution in [0.25, 0.3) is 0 Å². The fourth-order valence-electron chi connectivity index (χ4n) is 3.00. The number of hydrogen-bond acceptors (Lipinski definition) is 5. The van der Waals surface area contributed by atoms with Gasteiger partial charge in [0.1, 0.15) is 0 Å². The summed E-state index contributed by atoms with van der Waals surface area (Å²) in [5.74, 6) is 0. The lowest BCUT2D eigenvalue weighted by molar-refractivity contribution is 0.0300. The molecule has 1 aliphatic rings. The summed E-state index contributed by atoms with van der Waals surface area (Å²) in [6, 6.07) is 13.6. The van der Waals surface area contributed by atoms with Crippen molar-refractivity contribution in [2.45, 2.75) is 24.3 Å². The minimum absolute atomic E-state index is 0.225. The van der Waals surface area contributed by atoms with E-state index in [9.17, 15) is 13.5 Å². The molecule has 1 fully saturated rings. The van der Waals surface area contributed by atoms with Gasteiger partial charge in [0.05, 0.1) is 24.2 Å². The van der Waals surface area contributed by atoms with E-state index in [1.165, 1.54) is 0 Å². The second-order valence-corrected chi connectivity index (χ2v) is 8.48. The smallest absolute Gasteiger partial charge is 0.261 e. The van der Waals surface area contributed by atoms with Gasteiger partial charge in [-0.3, -0.25) is 9.62 Å². The Morgan fingerprint density at radius 3 is 2.33 bits per heavy atom. The highest BCUT2D eigenvalue weighted by Crippen LogP contribution is 2.22. The highest BCUT2D eigenvalue weighted by molar-refractivity contribution is 7.92. The zero-order valence-electron chi connectivity index (χ0n) is 15.5. The van der Waals surface area contributed by atoms with Crippen LogP contribution in [0.4, 0.5) is 5.69 Å². The summed E-state index contributed by atoms with van der Waals surface area (Å²) in [7, 11) is -3.62. The Morgan fingerprint density at radius 2 is 1.70 bits per heavy atom. The number of hydrogen-bond donors (Lipinski definition) is 2. The lowest BCUT2D eigenvalue weighted by Gasteiger charge is -2.27. The van der Waals surface area contributed by atoms with Gasteiger partial charge in [-0.2, -0.15) is 0 Å². The van der Waals surface area contributed by atoms with Gasteiger partial charge in [-0.15, -0.1) is 0 Å². The predicted octanol–water partition coefficient (Wildman–Crippen LogP) is 2.55. The molecule has 0 radical (unpaired) electrons. The largest absolute Gasteiger partial charge is 0.388 e. The van der Waals surface area contributed by atoms with Crippen LogP contribution in [0.5, 0.6) is 0 Å². The van der Waals surface area contributed by atoms with Crippen molar-refractivity contribution < 1.29 is 18.3 Å². The molecule has 0 bridgehead atoms. The number of benzene rings is 2. The standard InChI is InChI=1S/C20H26N2O4S/c1-16-2-8-19(9-3-16)27(24,25)21-18-6-4-17(5-7-18)20(23)10-11-22-12-14-26-15-13-22/h2-9,20-21,23H,10-15H2,1H3. The van der Waals surface area contributed by atoms with Crippen molar-refractivity contribution in [3.63, 3.8) is 0 Å². The average molecular weight is 391 g/mol. The first kappa shape index (κ1) is 19.8. The van der Waals surface area contributed by atoms with Gasteiger partial charge in [0, 0.05) is 25.3 Å². The number of nitrogens with one attached hydrogen (secondary N) is 1. The quantitative estimate of drug-likeness (QED) is 0.760. The minimum Gasteiger partial charge on any atom is -0.388 e. The van der Waals surface area contributed by atoms with E-state index in [-0.39, 0.29) is 4.90 Å². The number of morpholine rings is 1. The Labute approximate surface area is 160 Å². The fourth-order valence-corrected chi connectivity index (χ4v) is 4.06. The number of sulfonamides is 1. The van der Waals surface area contributed by atoms with E-state index in [0.717, 1.165) is 44.0 Å². The molecule has 146 valence electrons. The van der Waals surface area contributed by atoms with Crippen LogP contribution < -0.4 is 4.72 Å². The molecule has 0 aliphatic carbocycles. The molecule has 0 spiro atoms. The molecule has 2 aromatic carbocycles. The molecule has 7 heteroatoms. The Bertz CT molecular complexity index is 829. The predicted molar refractivity (Wildman–Crippen MR) is 105 cm³/mol. The molecular weight excluding hydrogens is 364 g/mol. The van der Waals surface area contributed by atoms with Crippen molar-refractivity contribution >= 4 is 15.7 Å². The molecule has 1 saturated heterocycles. The molecule has 6 nitrogen and oxygen atoms in total. The SMILES string of the molecule is Cc1ccc(S(=O)(=O)Nc2ccc(C(O)CCN3CCOCC3)cc2)cc1. The molecule has 27 heavy (non-hydrogen) atoms. The number of ether oxygens (including phenoxy) is 1. The van der Waals surface area contributed by atoms with Gasteiger partial charge in [0.15, 0.2) is 0 Å². The molecule has 0 amide bonds. The molecule has 1 heterocycles. The number of aryl methyl sites for hydroxylation is 1. The first-order chi connectivity index (χ1) is 12.9. The van der Waals surface area contributed by atoms with Crippen LogP contribution in [0, 0.1) is 6.92 Å². The normalized spacial score (nSPS) is 16.8. The summed E-state index contributed by atoms with van der Waals surface area (Å²) in [4.78, 5) is 2.50. The number of aliphatic hydroxyl groups is 1. The van der Waals surface area contributed by atoms with Crippen molar-refractivity contribution in [3.8, 4) is 0 Å². The Hall–Kier alpha value is -1.93. The van der Waals surface area contributed by atoms with Gasteiger partial charge in [-0.25, -0.2) is 8.42 Å².